The van der Waals surface area contributed by atoms with Crippen LogP contribution in [-0.4, -0.2) is 61.5 Å². The molecule has 41 heavy (non-hydrogen) atoms. The fraction of sp³-hybridized carbons (Fsp3) is 0.343. The lowest BCUT2D eigenvalue weighted by atomic mass is 9.90. The molecule has 4 atom stereocenters. The lowest BCUT2D eigenvalue weighted by molar-refractivity contribution is 0.217. The average molecular weight is 556 g/mol. The molecule has 2 heterocycles. The van der Waals surface area contributed by atoms with Gasteiger partial charge in [0.05, 0.1) is 29.8 Å². The second-order valence-electron chi connectivity index (χ2n) is 9.00. The van der Waals surface area contributed by atoms with E-state index in [1.165, 1.54) is 0 Å². The van der Waals surface area contributed by atoms with Crippen LogP contribution in [0.25, 0.3) is 0 Å². The first-order valence-electron chi connectivity index (χ1n) is 14.3. The highest BCUT2D eigenvalue weighted by atomic mass is 16.5. The van der Waals surface area contributed by atoms with Crippen LogP contribution in [0.1, 0.15) is 33.6 Å². The Morgan fingerprint density at radius 3 is 2.54 bits per heavy atom. The van der Waals surface area contributed by atoms with Crippen LogP contribution >= 0.6 is 0 Å². The summed E-state index contributed by atoms with van der Waals surface area (Å²) in [5.74, 6) is 0.0648. The van der Waals surface area contributed by atoms with Crippen molar-refractivity contribution in [1.29, 1.82) is 0 Å². The molecule has 2 aliphatic heterocycles. The first-order chi connectivity index (χ1) is 20.0. The molecule has 0 aliphatic carbocycles. The zero-order valence-electron chi connectivity index (χ0n) is 25.3. The van der Waals surface area contributed by atoms with Gasteiger partial charge in [0.1, 0.15) is 12.8 Å². The SMILES string of the molecule is C=CC1=CCC=C(CO/C=C/CC(C=C)C(N=C)C(C=C)N(CC)C/C=C/NC2N=CC=CC2=C)N=C1C=C.CC. The molecule has 2 aliphatic rings. The fourth-order valence-corrected chi connectivity index (χ4v) is 4.37. The maximum absolute atomic E-state index is 5.79. The molecule has 0 saturated heterocycles. The number of aliphatic imine (C=N–C) groups is 3. The van der Waals surface area contributed by atoms with Crippen molar-refractivity contribution in [3.05, 3.63) is 123 Å². The van der Waals surface area contributed by atoms with Crippen molar-refractivity contribution in [1.82, 2.24) is 10.2 Å². The minimum absolute atomic E-state index is 0.00516. The highest BCUT2D eigenvalue weighted by Gasteiger charge is 2.28. The molecule has 6 nitrogen and oxygen atoms in total. The summed E-state index contributed by atoms with van der Waals surface area (Å²) in [7, 11) is 0. The second kappa shape index (κ2) is 20.8. The van der Waals surface area contributed by atoms with E-state index < -0.39 is 0 Å². The van der Waals surface area contributed by atoms with Gasteiger partial charge in [-0.1, -0.05) is 83.0 Å². The van der Waals surface area contributed by atoms with Crippen molar-refractivity contribution in [2.75, 3.05) is 19.7 Å². The van der Waals surface area contributed by atoms with E-state index in [1.54, 1.807) is 24.6 Å². The number of nitrogens with one attached hydrogen (secondary N) is 1. The second-order valence-corrected chi connectivity index (χ2v) is 9.00. The zero-order chi connectivity index (χ0) is 30.5. The Bertz CT molecular complexity index is 1100. The Morgan fingerprint density at radius 1 is 1.15 bits per heavy atom. The number of rotatable bonds is 18. The molecule has 0 amide bonds. The molecular weight excluding hydrogens is 506 g/mol. The summed E-state index contributed by atoms with van der Waals surface area (Å²) in [6, 6.07) is -0.110. The summed E-state index contributed by atoms with van der Waals surface area (Å²) in [6.07, 6.45) is 26.2. The molecule has 220 valence electrons. The summed E-state index contributed by atoms with van der Waals surface area (Å²) in [6.45, 7) is 31.8. The van der Waals surface area contributed by atoms with Crippen LogP contribution in [0.4, 0.5) is 0 Å². The van der Waals surface area contributed by atoms with Crippen LogP contribution in [-0.2, 0) is 4.74 Å². The third kappa shape index (κ3) is 11.5. The van der Waals surface area contributed by atoms with Crippen molar-refractivity contribution < 1.29 is 4.74 Å². The standard InChI is InChI=1S/C33H43N5O.C2H6/c1-8-27-18-13-20-29(37-30(27)10-3)25-39-24-15-19-28(9-2)32(34-7)31(11-4)38(12-5)23-16-22-36-33-26(6)17-14-21-35-33;1-2/h8-11,14-18,20-22,24,28,31-33,36H,1-4,6-7,12-13,19,23,25H2,5H3;1-2H3/b22-16+,24-15+;. The smallest absolute Gasteiger partial charge is 0.143 e. The summed E-state index contributed by atoms with van der Waals surface area (Å²) in [5, 5.41) is 3.28. The minimum Gasteiger partial charge on any atom is -0.495 e. The first-order valence-corrected chi connectivity index (χ1v) is 14.3. The highest BCUT2D eigenvalue weighted by Crippen LogP contribution is 2.22. The molecule has 4 unspecified atom stereocenters. The molecule has 6 heteroatoms. The van der Waals surface area contributed by atoms with E-state index in [0.717, 1.165) is 42.1 Å². The van der Waals surface area contributed by atoms with Crippen molar-refractivity contribution in [2.45, 2.75) is 51.9 Å². The van der Waals surface area contributed by atoms with Gasteiger partial charge in [-0.05, 0) is 61.7 Å². The lowest BCUT2D eigenvalue weighted by Crippen LogP contribution is -2.44. The zero-order valence-corrected chi connectivity index (χ0v) is 25.3. The quantitative estimate of drug-likeness (QED) is 0.109. The van der Waals surface area contributed by atoms with E-state index in [2.05, 4.69) is 83.9 Å². The Hall–Kier alpha value is -4.03. The Labute approximate surface area is 248 Å². The van der Waals surface area contributed by atoms with Gasteiger partial charge in [-0.25, -0.2) is 4.99 Å². The predicted octanol–water partition coefficient (Wildman–Crippen LogP) is 7.33. The molecular formula is C35H49N5O. The summed E-state index contributed by atoms with van der Waals surface area (Å²) in [4.78, 5) is 15.8. The third-order valence-corrected chi connectivity index (χ3v) is 6.56. The van der Waals surface area contributed by atoms with Gasteiger partial charge < -0.3 is 10.1 Å². The van der Waals surface area contributed by atoms with E-state index in [4.69, 9.17) is 4.74 Å². The van der Waals surface area contributed by atoms with Crippen molar-refractivity contribution in [3.63, 3.8) is 0 Å². The molecule has 0 spiro atoms. The van der Waals surface area contributed by atoms with Crippen molar-refractivity contribution in [3.8, 4) is 0 Å². The van der Waals surface area contributed by atoms with Crippen LogP contribution in [0.5, 0.6) is 0 Å². The van der Waals surface area contributed by atoms with E-state index in [1.807, 2.05) is 56.5 Å². The van der Waals surface area contributed by atoms with Crippen molar-refractivity contribution in [2.24, 2.45) is 20.9 Å². The van der Waals surface area contributed by atoms with Crippen LogP contribution in [0.3, 0.4) is 0 Å². The van der Waals surface area contributed by atoms with Gasteiger partial charge in [0.25, 0.3) is 0 Å². The number of ether oxygens (including phenoxy) is 1. The van der Waals surface area contributed by atoms with Crippen LogP contribution in [0.2, 0.25) is 0 Å². The van der Waals surface area contributed by atoms with Crippen molar-refractivity contribution >= 4 is 18.6 Å². The maximum Gasteiger partial charge on any atom is 0.143 e. The number of allylic oxidation sites excluding steroid dienone is 7. The number of likely N-dealkylation sites (N-methyl/N-ethyl adjacent to an activating group) is 1. The molecule has 0 bridgehead atoms. The average Bonchev–Trinajstić information content (AvgIpc) is 3.22. The fourth-order valence-electron chi connectivity index (χ4n) is 4.37. The van der Waals surface area contributed by atoms with Gasteiger partial charge in [0.2, 0.25) is 0 Å². The first kappa shape index (κ1) is 35.0. The minimum atomic E-state index is -0.130. The molecule has 0 radical (unpaired) electrons. The maximum atomic E-state index is 5.79. The predicted molar refractivity (Wildman–Crippen MR) is 181 cm³/mol. The Balaban J connectivity index is 0.00000411. The summed E-state index contributed by atoms with van der Waals surface area (Å²) in [5.41, 5.74) is 3.58. The summed E-state index contributed by atoms with van der Waals surface area (Å²) >= 11 is 0. The highest BCUT2D eigenvalue weighted by molar-refractivity contribution is 6.10. The van der Waals surface area contributed by atoms with Gasteiger partial charge in [-0.3, -0.25) is 14.9 Å². The lowest BCUT2D eigenvalue weighted by Gasteiger charge is -2.34. The van der Waals surface area contributed by atoms with Gasteiger partial charge in [-0.2, -0.15) is 0 Å². The third-order valence-electron chi connectivity index (χ3n) is 6.56. The number of hydrogen-bond donors (Lipinski definition) is 1. The van der Waals surface area contributed by atoms with E-state index in [-0.39, 0.29) is 24.2 Å². The Morgan fingerprint density at radius 2 is 1.93 bits per heavy atom. The molecule has 2 rings (SSSR count). The van der Waals surface area contributed by atoms with Gasteiger partial charge in [0.15, 0.2) is 0 Å². The van der Waals surface area contributed by atoms with Gasteiger partial charge in [0, 0.05) is 18.7 Å². The molecule has 0 aromatic rings. The normalized spacial score (nSPS) is 18.7. The molecule has 0 fully saturated rings. The topological polar surface area (TPSA) is 61.6 Å². The number of nitrogens with zero attached hydrogens (tertiary/aromatic N) is 4. The van der Waals surface area contributed by atoms with E-state index in [9.17, 15) is 0 Å². The molecule has 0 aromatic heterocycles. The Kier molecular flexibility index (Phi) is 17.8. The van der Waals surface area contributed by atoms with Crippen LogP contribution in [0, 0.1) is 5.92 Å². The molecule has 1 N–H and O–H groups in total. The number of hydrogen-bond acceptors (Lipinski definition) is 6. The summed E-state index contributed by atoms with van der Waals surface area (Å²) < 4.78 is 5.79. The van der Waals surface area contributed by atoms with Gasteiger partial charge in [-0.15, -0.1) is 13.2 Å². The van der Waals surface area contributed by atoms with E-state index in [0.29, 0.717) is 13.0 Å². The van der Waals surface area contributed by atoms with Crippen LogP contribution in [0.15, 0.2) is 138 Å². The largest absolute Gasteiger partial charge is 0.495 e. The monoisotopic (exact) mass is 555 g/mol. The van der Waals surface area contributed by atoms with Gasteiger partial charge >= 0.3 is 0 Å². The number of dihydropyridines is 1. The molecule has 0 saturated carbocycles. The van der Waals surface area contributed by atoms with E-state index >= 15 is 0 Å². The van der Waals surface area contributed by atoms with Crippen LogP contribution < -0.4 is 5.32 Å². The molecule has 0 aromatic carbocycles.